The maximum atomic E-state index is 13.4. The Kier molecular flexibility index (Phi) is 6.30. The second-order valence-corrected chi connectivity index (χ2v) is 9.48. The molecule has 1 aromatic heterocycles. The van der Waals surface area contributed by atoms with Gasteiger partial charge in [0.1, 0.15) is 5.69 Å². The smallest absolute Gasteiger partial charge is 0.382 e. The second-order valence-electron chi connectivity index (χ2n) is 9.48. The fourth-order valence-corrected chi connectivity index (χ4v) is 5.14. The molecule has 2 aliphatic carbocycles. The maximum absolute atomic E-state index is 13.4. The van der Waals surface area contributed by atoms with E-state index in [0.29, 0.717) is 35.9 Å². The van der Waals surface area contributed by atoms with Gasteiger partial charge in [-0.2, -0.15) is 13.2 Å². The minimum atomic E-state index is -4.53. The van der Waals surface area contributed by atoms with Crippen molar-refractivity contribution in [2.24, 2.45) is 5.41 Å². The number of rotatable bonds is 6. The third-order valence-corrected chi connectivity index (χ3v) is 6.99. The average molecular weight is 466 g/mol. The van der Waals surface area contributed by atoms with Gasteiger partial charge in [-0.15, -0.1) is 0 Å². The van der Waals surface area contributed by atoms with Crippen LogP contribution in [-0.2, 0) is 20.4 Å². The van der Waals surface area contributed by atoms with E-state index in [-0.39, 0.29) is 18.0 Å². The number of halogens is 3. The Labute approximate surface area is 191 Å². The van der Waals surface area contributed by atoms with Gasteiger partial charge in [0.2, 0.25) is 5.91 Å². The van der Waals surface area contributed by atoms with Crippen molar-refractivity contribution in [3.63, 3.8) is 0 Å². The van der Waals surface area contributed by atoms with Crippen molar-refractivity contribution in [2.75, 3.05) is 19.5 Å². The number of amides is 1. The third-order valence-electron chi connectivity index (χ3n) is 6.99. The first kappa shape index (κ1) is 23.8. The van der Waals surface area contributed by atoms with Crippen LogP contribution in [0.4, 0.5) is 18.9 Å². The number of hydrogen-bond donors (Lipinski definition) is 2. The first-order valence-corrected chi connectivity index (χ1v) is 11.2. The zero-order valence-corrected chi connectivity index (χ0v) is 19.1. The van der Waals surface area contributed by atoms with Crippen LogP contribution >= 0.6 is 0 Å². The Balaban J connectivity index is 1.45. The molecule has 0 bridgehead atoms. The number of ether oxygens (including phenoxy) is 2. The molecule has 0 spiro atoms. The Morgan fingerprint density at radius 1 is 1.12 bits per heavy atom. The molecule has 6 nitrogen and oxygen atoms in total. The number of pyridine rings is 1. The number of carbonyl (C=O) groups excluding carboxylic acids is 1. The molecule has 9 heteroatoms. The van der Waals surface area contributed by atoms with Crippen LogP contribution in [0, 0.1) is 5.41 Å². The molecule has 0 saturated heterocycles. The lowest BCUT2D eigenvalue weighted by molar-refractivity contribution is -0.287. The Hall–Kier alpha value is -2.39. The quantitative estimate of drug-likeness (QED) is 0.595. The van der Waals surface area contributed by atoms with Gasteiger partial charge in [0, 0.05) is 50.2 Å². The van der Waals surface area contributed by atoms with E-state index in [0.717, 1.165) is 25.3 Å². The number of benzene rings is 1. The molecule has 2 aromatic rings. The van der Waals surface area contributed by atoms with Gasteiger partial charge in [0.25, 0.3) is 0 Å². The predicted molar refractivity (Wildman–Crippen MR) is 119 cm³/mol. The molecule has 0 unspecified atom stereocenters. The largest absolute Gasteiger partial charge is 0.433 e. The Morgan fingerprint density at radius 3 is 2.45 bits per heavy atom. The van der Waals surface area contributed by atoms with Crippen molar-refractivity contribution < 1.29 is 27.4 Å². The number of fused-ring (bicyclic) bond motifs is 1. The predicted octanol–water partition coefficient (Wildman–Crippen LogP) is 4.88. The summed E-state index contributed by atoms with van der Waals surface area (Å²) in [5.41, 5.74) is -0.758. The molecule has 1 heterocycles. The summed E-state index contributed by atoms with van der Waals surface area (Å²) in [6, 6.07) is 7.79. The fourth-order valence-electron chi connectivity index (χ4n) is 5.14. The lowest BCUT2D eigenvalue weighted by Gasteiger charge is -2.51. The number of carbonyl (C=O) groups is 1. The van der Waals surface area contributed by atoms with E-state index in [2.05, 4.69) is 15.6 Å². The number of nitrogens with one attached hydrogen (secondary N) is 2. The highest BCUT2D eigenvalue weighted by Crippen LogP contribution is 2.51. The van der Waals surface area contributed by atoms with E-state index in [1.165, 1.54) is 0 Å². The van der Waals surface area contributed by atoms with Crippen LogP contribution < -0.4 is 10.6 Å². The van der Waals surface area contributed by atoms with Gasteiger partial charge in [-0.25, -0.2) is 4.98 Å². The van der Waals surface area contributed by atoms with E-state index in [1.54, 1.807) is 38.5 Å². The second kappa shape index (κ2) is 8.76. The van der Waals surface area contributed by atoms with Crippen LogP contribution in [0.1, 0.15) is 51.1 Å². The lowest BCUT2D eigenvalue weighted by atomic mass is 9.64. The summed E-state index contributed by atoms with van der Waals surface area (Å²) in [6.07, 6.45) is -0.398. The minimum absolute atomic E-state index is 0.0356. The summed E-state index contributed by atoms with van der Waals surface area (Å²) in [4.78, 5) is 16.7. The van der Waals surface area contributed by atoms with Crippen molar-refractivity contribution >= 4 is 22.5 Å². The maximum Gasteiger partial charge on any atom is 0.433 e. The first-order chi connectivity index (χ1) is 15.6. The van der Waals surface area contributed by atoms with Gasteiger partial charge < -0.3 is 20.1 Å². The van der Waals surface area contributed by atoms with Gasteiger partial charge in [0.05, 0.1) is 10.9 Å². The molecule has 2 fully saturated rings. The fraction of sp³-hybridized carbons (Fsp3) is 0.583. The molecule has 2 N–H and O–H groups in total. The molecule has 2 aliphatic rings. The third kappa shape index (κ3) is 4.80. The molecule has 0 aliphatic heterocycles. The van der Waals surface area contributed by atoms with Gasteiger partial charge >= 0.3 is 6.18 Å². The Morgan fingerprint density at radius 2 is 1.79 bits per heavy atom. The van der Waals surface area contributed by atoms with Crippen LogP contribution in [0.3, 0.4) is 0 Å². The monoisotopic (exact) mass is 465 g/mol. The topological polar surface area (TPSA) is 72.5 Å². The summed E-state index contributed by atoms with van der Waals surface area (Å²) >= 11 is 0. The van der Waals surface area contributed by atoms with Crippen molar-refractivity contribution in [3.8, 4) is 0 Å². The molecular weight excluding hydrogens is 435 g/mol. The normalized spacial score (nSPS) is 24.2. The molecule has 2 saturated carbocycles. The van der Waals surface area contributed by atoms with Crippen LogP contribution in [0.15, 0.2) is 30.3 Å². The molecule has 2 atom stereocenters. The van der Waals surface area contributed by atoms with Crippen molar-refractivity contribution in [1.82, 2.24) is 10.3 Å². The summed E-state index contributed by atoms with van der Waals surface area (Å²) in [7, 11) is 3.15. The molecular formula is C24H30F3N3O3. The Bertz CT molecular complexity index is 1010. The van der Waals surface area contributed by atoms with Gasteiger partial charge in [-0.3, -0.25) is 4.79 Å². The highest BCUT2D eigenvalue weighted by molar-refractivity contribution is 5.91. The number of aromatic nitrogens is 1. The van der Waals surface area contributed by atoms with Crippen LogP contribution in [0.2, 0.25) is 0 Å². The van der Waals surface area contributed by atoms with Gasteiger partial charge in [-0.05, 0) is 37.8 Å². The SMILES string of the molecule is COC1(OC)CC(C)(C(=O)N[C@@H]2CCC[C@H](Nc3cc(C(F)(F)F)nc4ccccc34)C2)C1. The first-order valence-electron chi connectivity index (χ1n) is 11.2. The summed E-state index contributed by atoms with van der Waals surface area (Å²) in [6.45, 7) is 1.90. The number of alkyl halides is 3. The van der Waals surface area contributed by atoms with E-state index < -0.39 is 23.1 Å². The van der Waals surface area contributed by atoms with Crippen LogP contribution in [0.5, 0.6) is 0 Å². The summed E-state index contributed by atoms with van der Waals surface area (Å²) in [5, 5.41) is 7.11. The molecule has 1 aromatic carbocycles. The average Bonchev–Trinajstić information content (AvgIpc) is 2.76. The zero-order chi connectivity index (χ0) is 23.9. The number of nitrogens with zero attached hydrogens (tertiary/aromatic N) is 1. The summed E-state index contributed by atoms with van der Waals surface area (Å²) < 4.78 is 51.0. The number of para-hydroxylation sites is 1. The van der Waals surface area contributed by atoms with Crippen molar-refractivity contribution in [3.05, 3.63) is 36.0 Å². The number of hydrogen-bond acceptors (Lipinski definition) is 5. The molecule has 1 amide bonds. The summed E-state index contributed by atoms with van der Waals surface area (Å²) in [5.74, 6) is -0.743. The van der Waals surface area contributed by atoms with E-state index >= 15 is 0 Å². The van der Waals surface area contributed by atoms with Crippen LogP contribution in [-0.4, -0.2) is 43.0 Å². The zero-order valence-electron chi connectivity index (χ0n) is 19.1. The molecule has 33 heavy (non-hydrogen) atoms. The lowest BCUT2D eigenvalue weighted by Crippen LogP contribution is -2.60. The molecule has 4 rings (SSSR count). The van der Waals surface area contributed by atoms with Crippen LogP contribution in [0.25, 0.3) is 10.9 Å². The van der Waals surface area contributed by atoms with E-state index in [4.69, 9.17) is 9.47 Å². The molecule has 180 valence electrons. The molecule has 0 radical (unpaired) electrons. The highest BCUT2D eigenvalue weighted by atomic mass is 19.4. The number of anilines is 1. The van der Waals surface area contributed by atoms with Gasteiger partial charge in [0.15, 0.2) is 5.79 Å². The van der Waals surface area contributed by atoms with Gasteiger partial charge in [-0.1, -0.05) is 25.1 Å². The number of methoxy groups -OCH3 is 2. The highest BCUT2D eigenvalue weighted by Gasteiger charge is 2.57. The van der Waals surface area contributed by atoms with E-state index in [1.807, 2.05) is 6.92 Å². The minimum Gasteiger partial charge on any atom is -0.382 e. The standard InChI is InChI=1S/C24H30F3N3O3/c1-22(13-23(14-22,32-2)33-3)21(31)29-16-8-6-7-15(11-16)28-19-12-20(24(25,26)27)30-18-10-5-4-9-17(18)19/h4-5,9-10,12,15-16H,6-8,11,13-14H2,1-3H3,(H,28,30)(H,29,31)/t15-,16+/m0/s1. The van der Waals surface area contributed by atoms with Crippen molar-refractivity contribution in [1.29, 1.82) is 0 Å². The van der Waals surface area contributed by atoms with E-state index in [9.17, 15) is 18.0 Å². The van der Waals surface area contributed by atoms with Crippen molar-refractivity contribution in [2.45, 2.75) is 69.5 Å².